The standard InChI is InChI=1S/C28H41N3O/c1-18-14-20-17-31(30-26(20)16-29-18)13-10-21-5-7-25-24-6-4-19-15-27(2,32)11-8-22(19)23(24)9-12-28(21,25)3/h14,16-17,19,21-25,32H,4-13,15H2,1-3H3/t19-,21-,22+,23-,24-,25+,27-,28?/m1/s1. The second-order valence-electron chi connectivity index (χ2n) is 12.6. The first-order valence-electron chi connectivity index (χ1n) is 13.3. The molecular formula is C28H41N3O. The molecule has 4 nitrogen and oxygen atoms in total. The Morgan fingerprint density at radius 2 is 1.88 bits per heavy atom. The van der Waals surface area contributed by atoms with Crippen LogP contribution in [0, 0.1) is 47.8 Å². The Labute approximate surface area is 193 Å². The van der Waals surface area contributed by atoms with E-state index < -0.39 is 5.60 Å². The number of rotatable bonds is 3. The summed E-state index contributed by atoms with van der Waals surface area (Å²) in [6, 6.07) is 2.15. The monoisotopic (exact) mass is 435 g/mol. The first-order valence-corrected chi connectivity index (χ1v) is 13.3. The maximum absolute atomic E-state index is 10.6. The van der Waals surface area contributed by atoms with Crippen LogP contribution in [-0.4, -0.2) is 25.5 Å². The van der Waals surface area contributed by atoms with E-state index in [1.165, 1.54) is 56.8 Å². The van der Waals surface area contributed by atoms with Crippen LogP contribution in [0.4, 0.5) is 0 Å². The van der Waals surface area contributed by atoms with Gasteiger partial charge in [0.2, 0.25) is 0 Å². The van der Waals surface area contributed by atoms with Crippen molar-refractivity contribution in [1.82, 2.24) is 14.8 Å². The fourth-order valence-corrected chi connectivity index (χ4v) is 9.16. The highest BCUT2D eigenvalue weighted by Gasteiger charge is 2.57. The van der Waals surface area contributed by atoms with Gasteiger partial charge < -0.3 is 5.11 Å². The predicted octanol–water partition coefficient (Wildman–Crippen LogP) is 6.15. The molecule has 4 fully saturated rings. The number of aliphatic hydroxyl groups is 1. The lowest BCUT2D eigenvalue weighted by molar-refractivity contribution is -0.100. The Morgan fingerprint density at radius 3 is 2.75 bits per heavy atom. The van der Waals surface area contributed by atoms with Gasteiger partial charge in [-0.05, 0) is 125 Å². The summed E-state index contributed by atoms with van der Waals surface area (Å²) in [5.74, 6) is 5.33. The third kappa shape index (κ3) is 3.43. The molecule has 6 rings (SSSR count). The zero-order valence-corrected chi connectivity index (χ0v) is 20.3. The van der Waals surface area contributed by atoms with Gasteiger partial charge in [0, 0.05) is 23.8 Å². The van der Waals surface area contributed by atoms with E-state index >= 15 is 0 Å². The molecule has 0 aromatic carbocycles. The second-order valence-corrected chi connectivity index (χ2v) is 12.6. The van der Waals surface area contributed by atoms with E-state index in [1.807, 2.05) is 6.20 Å². The van der Waals surface area contributed by atoms with Crippen LogP contribution in [0.25, 0.3) is 10.9 Å². The van der Waals surface area contributed by atoms with Gasteiger partial charge in [0.25, 0.3) is 0 Å². The molecule has 4 aliphatic rings. The summed E-state index contributed by atoms with van der Waals surface area (Å²) in [6.45, 7) is 7.82. The van der Waals surface area contributed by atoms with Gasteiger partial charge in [0.1, 0.15) is 5.52 Å². The summed E-state index contributed by atoms with van der Waals surface area (Å²) < 4.78 is 2.17. The van der Waals surface area contributed by atoms with Crippen molar-refractivity contribution in [3.63, 3.8) is 0 Å². The third-order valence-electron chi connectivity index (χ3n) is 10.7. The summed E-state index contributed by atoms with van der Waals surface area (Å²) in [5.41, 5.74) is 2.21. The summed E-state index contributed by atoms with van der Waals surface area (Å²) in [6.07, 6.45) is 17.3. The quantitative estimate of drug-likeness (QED) is 0.629. The predicted molar refractivity (Wildman–Crippen MR) is 128 cm³/mol. The number of pyridine rings is 1. The van der Waals surface area contributed by atoms with E-state index in [9.17, 15) is 5.11 Å². The largest absolute Gasteiger partial charge is 0.390 e. The average Bonchev–Trinajstić information content (AvgIpc) is 3.30. The fourth-order valence-electron chi connectivity index (χ4n) is 9.16. The molecule has 2 heterocycles. The molecule has 0 spiro atoms. The first-order chi connectivity index (χ1) is 15.3. The van der Waals surface area contributed by atoms with Gasteiger partial charge in [-0.25, -0.2) is 0 Å². The van der Waals surface area contributed by atoms with Crippen molar-refractivity contribution in [3.8, 4) is 0 Å². The molecule has 174 valence electrons. The van der Waals surface area contributed by atoms with E-state index in [1.54, 1.807) is 0 Å². The summed E-state index contributed by atoms with van der Waals surface area (Å²) in [7, 11) is 0. The van der Waals surface area contributed by atoms with Crippen LogP contribution >= 0.6 is 0 Å². The summed E-state index contributed by atoms with van der Waals surface area (Å²) >= 11 is 0. The molecule has 0 amide bonds. The molecule has 32 heavy (non-hydrogen) atoms. The van der Waals surface area contributed by atoms with E-state index in [-0.39, 0.29) is 0 Å². The van der Waals surface area contributed by atoms with Crippen molar-refractivity contribution in [2.45, 2.75) is 97.1 Å². The molecule has 1 unspecified atom stereocenters. The number of hydrogen-bond acceptors (Lipinski definition) is 3. The Kier molecular flexibility index (Phi) is 4.99. The van der Waals surface area contributed by atoms with Crippen molar-refractivity contribution < 1.29 is 5.11 Å². The van der Waals surface area contributed by atoms with Crippen LogP contribution in [-0.2, 0) is 6.54 Å². The number of nitrogens with zero attached hydrogens (tertiary/aromatic N) is 3. The smallest absolute Gasteiger partial charge is 0.111 e. The molecule has 0 radical (unpaired) electrons. The molecule has 0 saturated heterocycles. The van der Waals surface area contributed by atoms with Gasteiger partial charge >= 0.3 is 0 Å². The minimum atomic E-state index is -0.401. The Bertz CT molecular complexity index is 996. The Balaban J connectivity index is 1.14. The minimum Gasteiger partial charge on any atom is -0.390 e. The van der Waals surface area contributed by atoms with Gasteiger partial charge in [-0.1, -0.05) is 6.92 Å². The van der Waals surface area contributed by atoms with Crippen LogP contribution in [0.5, 0.6) is 0 Å². The fraction of sp³-hybridized carbons (Fsp3) is 0.786. The van der Waals surface area contributed by atoms with Crippen molar-refractivity contribution in [2.75, 3.05) is 0 Å². The maximum atomic E-state index is 10.6. The highest BCUT2D eigenvalue weighted by molar-refractivity contribution is 5.77. The lowest BCUT2D eigenvalue weighted by Gasteiger charge is -2.57. The number of aryl methyl sites for hydroxylation is 2. The first kappa shape index (κ1) is 21.1. The molecule has 2 aromatic rings. The minimum absolute atomic E-state index is 0.401. The van der Waals surface area contributed by atoms with Crippen molar-refractivity contribution in [1.29, 1.82) is 0 Å². The van der Waals surface area contributed by atoms with Crippen molar-refractivity contribution in [2.24, 2.45) is 40.9 Å². The highest BCUT2D eigenvalue weighted by atomic mass is 16.3. The van der Waals surface area contributed by atoms with E-state index in [4.69, 9.17) is 5.10 Å². The molecule has 0 bridgehead atoms. The maximum Gasteiger partial charge on any atom is 0.111 e. The molecular weight excluding hydrogens is 394 g/mol. The topological polar surface area (TPSA) is 50.9 Å². The molecule has 2 aromatic heterocycles. The molecule has 8 atom stereocenters. The van der Waals surface area contributed by atoms with Crippen molar-refractivity contribution >= 4 is 10.9 Å². The lowest BCUT2D eigenvalue weighted by Crippen LogP contribution is -2.50. The number of hydrogen-bond donors (Lipinski definition) is 1. The second kappa shape index (κ2) is 7.55. The molecule has 4 heteroatoms. The Morgan fingerprint density at radius 1 is 1.03 bits per heavy atom. The average molecular weight is 436 g/mol. The molecule has 4 aliphatic carbocycles. The normalized spacial score (nSPS) is 43.6. The number of fused-ring (bicyclic) bond motifs is 6. The zero-order valence-electron chi connectivity index (χ0n) is 20.3. The van der Waals surface area contributed by atoms with Crippen molar-refractivity contribution in [3.05, 3.63) is 24.2 Å². The van der Waals surface area contributed by atoms with Gasteiger partial charge in [0.05, 0.1) is 11.8 Å². The van der Waals surface area contributed by atoms with Gasteiger partial charge in [-0.15, -0.1) is 0 Å². The molecule has 1 N–H and O–H groups in total. The van der Waals surface area contributed by atoms with E-state index in [0.29, 0.717) is 5.41 Å². The Hall–Kier alpha value is -1.42. The van der Waals surface area contributed by atoms with Gasteiger partial charge in [-0.2, -0.15) is 5.10 Å². The summed E-state index contributed by atoms with van der Waals surface area (Å²) in [5, 5.41) is 16.7. The van der Waals surface area contributed by atoms with Gasteiger partial charge in [-0.3, -0.25) is 9.67 Å². The third-order valence-corrected chi connectivity index (χ3v) is 10.7. The van der Waals surface area contributed by atoms with Crippen LogP contribution in [0.3, 0.4) is 0 Å². The molecule has 0 aliphatic heterocycles. The van der Waals surface area contributed by atoms with Crippen LogP contribution in [0.2, 0.25) is 0 Å². The van der Waals surface area contributed by atoms with Crippen LogP contribution in [0.15, 0.2) is 18.5 Å². The zero-order chi connectivity index (χ0) is 22.1. The van der Waals surface area contributed by atoms with E-state index in [2.05, 4.69) is 42.7 Å². The SMILES string of the molecule is Cc1cc2cn(CC[C@H]3CC[C@H]4[C@@H]5CC[C@@H]6C[C@](C)(O)CC[C@@H]6[C@H]5CCC34C)nc2cn1. The highest BCUT2D eigenvalue weighted by Crippen LogP contribution is 2.65. The molecule has 4 saturated carbocycles. The van der Waals surface area contributed by atoms with E-state index in [0.717, 1.165) is 66.1 Å². The van der Waals surface area contributed by atoms with Crippen LogP contribution < -0.4 is 0 Å². The number of aromatic nitrogens is 3. The lowest BCUT2D eigenvalue weighted by atomic mass is 9.49. The van der Waals surface area contributed by atoms with Crippen LogP contribution in [0.1, 0.15) is 83.7 Å². The summed E-state index contributed by atoms with van der Waals surface area (Å²) in [4.78, 5) is 4.41. The van der Waals surface area contributed by atoms with Gasteiger partial charge in [0.15, 0.2) is 0 Å².